The molecular formula is C26H28N8O2. The summed E-state index contributed by atoms with van der Waals surface area (Å²) in [5.41, 5.74) is 4.97. The molecule has 0 unspecified atom stereocenters. The smallest absolute Gasteiger partial charge is 0.247 e. The predicted octanol–water partition coefficient (Wildman–Crippen LogP) is 4.21. The SMILES string of the molecule is C=CC(=O)Nc1cc2c(NC)ncnc2cc1C.C=CC(=O)Nc1cc2ncnc(NC)c2cc1C. The first-order valence-electron chi connectivity index (χ1n) is 11.0. The number of fused-ring (bicyclic) bond motifs is 2. The normalized spacial score (nSPS) is 10.1. The number of aromatic nitrogens is 4. The number of nitrogens with one attached hydrogen (secondary N) is 4. The van der Waals surface area contributed by atoms with Gasteiger partial charge in [0.2, 0.25) is 11.8 Å². The third-order valence-electron chi connectivity index (χ3n) is 5.32. The van der Waals surface area contributed by atoms with Crippen molar-refractivity contribution < 1.29 is 9.59 Å². The minimum atomic E-state index is -0.236. The van der Waals surface area contributed by atoms with Crippen LogP contribution in [0.3, 0.4) is 0 Å². The maximum Gasteiger partial charge on any atom is 0.247 e. The van der Waals surface area contributed by atoms with Gasteiger partial charge < -0.3 is 21.3 Å². The van der Waals surface area contributed by atoms with Crippen LogP contribution in [0.2, 0.25) is 0 Å². The Bertz CT molecular complexity index is 1470. The number of carbonyl (C=O) groups is 2. The molecule has 2 aromatic heterocycles. The van der Waals surface area contributed by atoms with Gasteiger partial charge >= 0.3 is 0 Å². The molecule has 0 radical (unpaired) electrons. The number of benzene rings is 2. The fourth-order valence-electron chi connectivity index (χ4n) is 3.45. The molecule has 184 valence electrons. The highest BCUT2D eigenvalue weighted by Gasteiger charge is 2.09. The van der Waals surface area contributed by atoms with Crippen LogP contribution in [0.1, 0.15) is 11.1 Å². The maximum atomic E-state index is 11.3. The predicted molar refractivity (Wildman–Crippen MR) is 145 cm³/mol. The molecule has 0 atom stereocenters. The fourth-order valence-corrected chi connectivity index (χ4v) is 3.45. The van der Waals surface area contributed by atoms with Crippen LogP contribution in [0.15, 0.2) is 62.2 Å². The summed E-state index contributed by atoms with van der Waals surface area (Å²) in [5.74, 6) is 1.03. The number of nitrogens with zero attached hydrogens (tertiary/aromatic N) is 4. The molecular weight excluding hydrogens is 456 g/mol. The number of amides is 2. The molecule has 2 aromatic carbocycles. The first-order chi connectivity index (χ1) is 17.3. The zero-order chi connectivity index (χ0) is 26.2. The van der Waals surface area contributed by atoms with E-state index < -0.39 is 0 Å². The van der Waals surface area contributed by atoms with Crippen LogP contribution in [-0.4, -0.2) is 45.8 Å². The number of rotatable bonds is 6. The molecule has 0 aliphatic heterocycles. The molecule has 4 N–H and O–H groups in total. The van der Waals surface area contributed by atoms with Crippen LogP contribution in [-0.2, 0) is 9.59 Å². The zero-order valence-corrected chi connectivity index (χ0v) is 20.6. The van der Waals surface area contributed by atoms with E-state index in [0.717, 1.165) is 55.9 Å². The lowest BCUT2D eigenvalue weighted by molar-refractivity contribution is -0.112. The lowest BCUT2D eigenvalue weighted by atomic mass is 10.1. The van der Waals surface area contributed by atoms with Crippen molar-refractivity contribution in [1.82, 2.24) is 19.9 Å². The van der Waals surface area contributed by atoms with Crippen LogP contribution in [0.25, 0.3) is 21.8 Å². The standard InChI is InChI=1S/2C13H14N4O/c1-4-12(18)17-10-6-9-11(5-8(10)2)15-7-16-13(9)14-3;1-4-12(18)17-10-6-11-9(5-8(10)2)13(14-3)16-7-15-11/h2*4-7H,1H2,2-3H3,(H,17,18)(H,14,15,16). The highest BCUT2D eigenvalue weighted by molar-refractivity contribution is 6.03. The Morgan fingerprint density at radius 3 is 1.64 bits per heavy atom. The second kappa shape index (κ2) is 11.5. The molecule has 0 bridgehead atoms. The van der Waals surface area contributed by atoms with E-state index in [0.29, 0.717) is 0 Å². The minimum Gasteiger partial charge on any atom is -0.373 e. The molecule has 0 aliphatic carbocycles. The van der Waals surface area contributed by atoms with Gasteiger partial charge in [0.05, 0.1) is 11.0 Å². The number of hydrogen-bond acceptors (Lipinski definition) is 8. The van der Waals surface area contributed by atoms with Gasteiger partial charge in [-0.2, -0.15) is 0 Å². The summed E-state index contributed by atoms with van der Waals surface area (Å²) < 4.78 is 0. The first-order valence-corrected chi connectivity index (χ1v) is 11.0. The topological polar surface area (TPSA) is 134 Å². The third-order valence-corrected chi connectivity index (χ3v) is 5.32. The molecule has 0 spiro atoms. The number of anilines is 4. The Morgan fingerprint density at radius 1 is 0.694 bits per heavy atom. The van der Waals surface area contributed by atoms with E-state index in [-0.39, 0.29) is 11.8 Å². The van der Waals surface area contributed by atoms with E-state index in [4.69, 9.17) is 0 Å². The van der Waals surface area contributed by atoms with E-state index in [1.165, 1.54) is 24.8 Å². The van der Waals surface area contributed by atoms with Crippen molar-refractivity contribution in [3.63, 3.8) is 0 Å². The highest BCUT2D eigenvalue weighted by atomic mass is 16.2. The molecule has 2 heterocycles. The van der Waals surface area contributed by atoms with Crippen molar-refractivity contribution in [2.45, 2.75) is 13.8 Å². The Morgan fingerprint density at radius 2 is 1.14 bits per heavy atom. The zero-order valence-electron chi connectivity index (χ0n) is 20.6. The van der Waals surface area contributed by atoms with Gasteiger partial charge in [-0.05, 0) is 61.4 Å². The summed E-state index contributed by atoms with van der Waals surface area (Å²) in [6, 6.07) is 7.54. The van der Waals surface area contributed by atoms with E-state index in [9.17, 15) is 9.59 Å². The maximum absolute atomic E-state index is 11.3. The van der Waals surface area contributed by atoms with Crippen LogP contribution >= 0.6 is 0 Å². The summed E-state index contributed by atoms with van der Waals surface area (Å²) in [4.78, 5) is 39.4. The van der Waals surface area contributed by atoms with Gasteiger partial charge in [0.25, 0.3) is 0 Å². The largest absolute Gasteiger partial charge is 0.373 e. The van der Waals surface area contributed by atoms with Gasteiger partial charge in [-0.15, -0.1) is 0 Å². The molecule has 0 fully saturated rings. The summed E-state index contributed by atoms with van der Waals surface area (Å²) in [6.07, 6.45) is 5.48. The lowest BCUT2D eigenvalue weighted by Crippen LogP contribution is -2.08. The number of carbonyl (C=O) groups excluding carboxylic acids is 2. The van der Waals surface area contributed by atoms with Gasteiger partial charge in [-0.1, -0.05) is 13.2 Å². The van der Waals surface area contributed by atoms with Crippen molar-refractivity contribution in [1.29, 1.82) is 0 Å². The minimum absolute atomic E-state index is 0.236. The third kappa shape index (κ3) is 5.79. The molecule has 2 amide bonds. The summed E-state index contributed by atoms with van der Waals surface area (Å²) in [5, 5.41) is 13.3. The van der Waals surface area contributed by atoms with E-state index in [1.54, 1.807) is 7.05 Å². The Labute approximate surface area is 209 Å². The van der Waals surface area contributed by atoms with Crippen LogP contribution in [0, 0.1) is 13.8 Å². The molecule has 0 saturated heterocycles. The van der Waals surface area contributed by atoms with E-state index in [1.807, 2.05) is 45.2 Å². The molecule has 4 rings (SSSR count). The quantitative estimate of drug-likeness (QED) is 0.299. The first kappa shape index (κ1) is 25.8. The van der Waals surface area contributed by atoms with Crippen LogP contribution < -0.4 is 21.3 Å². The lowest BCUT2D eigenvalue weighted by Gasteiger charge is -2.10. The summed E-state index contributed by atoms with van der Waals surface area (Å²) in [6.45, 7) is 10.7. The van der Waals surface area contributed by atoms with Crippen LogP contribution in [0.4, 0.5) is 23.0 Å². The van der Waals surface area contributed by atoms with Crippen LogP contribution in [0.5, 0.6) is 0 Å². The molecule has 10 heteroatoms. The molecule has 0 saturated carbocycles. The number of hydrogen-bond donors (Lipinski definition) is 4. The van der Waals surface area contributed by atoms with E-state index >= 15 is 0 Å². The van der Waals surface area contributed by atoms with Crippen molar-refractivity contribution >= 4 is 56.6 Å². The van der Waals surface area contributed by atoms with Crippen molar-refractivity contribution in [2.75, 3.05) is 35.4 Å². The Hall–Kier alpha value is -4.86. The van der Waals surface area contributed by atoms with E-state index in [2.05, 4.69) is 54.4 Å². The second-order valence-corrected chi connectivity index (χ2v) is 7.70. The fraction of sp³-hybridized carbons (Fsp3) is 0.154. The van der Waals surface area contributed by atoms with Gasteiger partial charge in [-0.25, -0.2) is 19.9 Å². The average molecular weight is 485 g/mol. The van der Waals surface area contributed by atoms with Crippen molar-refractivity contribution in [2.24, 2.45) is 0 Å². The van der Waals surface area contributed by atoms with Crippen molar-refractivity contribution in [3.8, 4) is 0 Å². The second-order valence-electron chi connectivity index (χ2n) is 7.70. The summed E-state index contributed by atoms with van der Waals surface area (Å²) >= 11 is 0. The van der Waals surface area contributed by atoms with Gasteiger partial charge in [0.15, 0.2) is 0 Å². The Balaban J connectivity index is 0.000000201. The monoisotopic (exact) mass is 484 g/mol. The summed E-state index contributed by atoms with van der Waals surface area (Å²) in [7, 11) is 3.61. The molecule has 0 aliphatic rings. The van der Waals surface area contributed by atoms with Gasteiger partial charge in [0.1, 0.15) is 24.3 Å². The Kier molecular flexibility index (Phi) is 8.24. The van der Waals surface area contributed by atoms with Gasteiger partial charge in [-0.3, -0.25) is 9.59 Å². The molecule has 4 aromatic rings. The highest BCUT2D eigenvalue weighted by Crippen LogP contribution is 2.27. The average Bonchev–Trinajstić information content (AvgIpc) is 2.89. The van der Waals surface area contributed by atoms with Gasteiger partial charge in [0, 0.05) is 36.2 Å². The molecule has 36 heavy (non-hydrogen) atoms. The number of aryl methyl sites for hydroxylation is 2. The molecule has 10 nitrogen and oxygen atoms in total. The van der Waals surface area contributed by atoms with Crippen molar-refractivity contribution in [3.05, 3.63) is 73.4 Å².